The number of rotatable bonds is 3. The highest BCUT2D eigenvalue weighted by Gasteiger charge is 2.13. The molecule has 1 aromatic heterocycles. The van der Waals surface area contributed by atoms with Crippen molar-refractivity contribution in [2.45, 2.75) is 26.4 Å². The standard InChI is InChI=1S/C17H17N3O3/c1-17(2,3)23-13-7-4-11(5-8-13)16-18-14-9-6-12(20(21)22)10-15(14)19-16/h4-10H,1-3H3,(H,18,19). The van der Waals surface area contributed by atoms with Gasteiger partial charge in [0.25, 0.3) is 5.69 Å². The summed E-state index contributed by atoms with van der Waals surface area (Å²) in [5.74, 6) is 1.45. The summed E-state index contributed by atoms with van der Waals surface area (Å²) >= 11 is 0. The number of benzene rings is 2. The lowest BCUT2D eigenvalue weighted by atomic mass is 10.1. The van der Waals surface area contributed by atoms with Gasteiger partial charge >= 0.3 is 0 Å². The second-order valence-corrected chi connectivity index (χ2v) is 6.28. The summed E-state index contributed by atoms with van der Waals surface area (Å²) < 4.78 is 5.79. The lowest BCUT2D eigenvalue weighted by Crippen LogP contribution is -2.22. The van der Waals surface area contributed by atoms with E-state index in [1.54, 1.807) is 6.07 Å². The van der Waals surface area contributed by atoms with Crippen LogP contribution in [0.3, 0.4) is 0 Å². The number of imidazole rings is 1. The third-order valence-electron chi connectivity index (χ3n) is 3.23. The molecular formula is C17H17N3O3. The average Bonchev–Trinajstić information content (AvgIpc) is 2.89. The van der Waals surface area contributed by atoms with E-state index in [0.717, 1.165) is 11.3 Å². The van der Waals surface area contributed by atoms with E-state index >= 15 is 0 Å². The van der Waals surface area contributed by atoms with Crippen molar-refractivity contribution in [2.75, 3.05) is 0 Å². The molecule has 0 fully saturated rings. The molecule has 0 aliphatic heterocycles. The van der Waals surface area contributed by atoms with Crippen LogP contribution >= 0.6 is 0 Å². The molecule has 1 heterocycles. The molecule has 23 heavy (non-hydrogen) atoms. The maximum absolute atomic E-state index is 10.8. The number of nitro benzene ring substituents is 1. The Balaban J connectivity index is 1.92. The second-order valence-electron chi connectivity index (χ2n) is 6.28. The maximum atomic E-state index is 10.8. The van der Waals surface area contributed by atoms with Gasteiger partial charge < -0.3 is 9.72 Å². The second kappa shape index (κ2) is 5.39. The summed E-state index contributed by atoms with van der Waals surface area (Å²) in [6, 6.07) is 12.2. The molecule has 0 unspecified atom stereocenters. The van der Waals surface area contributed by atoms with E-state index in [-0.39, 0.29) is 11.3 Å². The predicted molar refractivity (Wildman–Crippen MR) is 88.6 cm³/mol. The Labute approximate surface area is 133 Å². The highest BCUT2D eigenvalue weighted by molar-refractivity contribution is 5.81. The summed E-state index contributed by atoms with van der Waals surface area (Å²) in [5, 5.41) is 10.8. The van der Waals surface area contributed by atoms with Crippen LogP contribution in [0.2, 0.25) is 0 Å². The Kier molecular flexibility index (Phi) is 3.52. The highest BCUT2D eigenvalue weighted by Crippen LogP contribution is 2.26. The molecule has 0 aliphatic carbocycles. The van der Waals surface area contributed by atoms with E-state index < -0.39 is 4.92 Å². The molecule has 0 atom stereocenters. The normalized spacial score (nSPS) is 11.6. The Morgan fingerprint density at radius 1 is 1.13 bits per heavy atom. The first kappa shape index (κ1) is 15.0. The molecule has 0 saturated heterocycles. The van der Waals surface area contributed by atoms with Gasteiger partial charge in [-0.1, -0.05) is 0 Å². The van der Waals surface area contributed by atoms with E-state index in [9.17, 15) is 10.1 Å². The SMILES string of the molecule is CC(C)(C)Oc1ccc(-c2nc3ccc([N+](=O)[O-])cc3[nH]2)cc1. The Hall–Kier alpha value is -2.89. The molecule has 6 heteroatoms. The molecule has 0 radical (unpaired) electrons. The Morgan fingerprint density at radius 3 is 2.43 bits per heavy atom. The van der Waals surface area contributed by atoms with Crippen LogP contribution in [-0.4, -0.2) is 20.5 Å². The van der Waals surface area contributed by atoms with Crippen LogP contribution in [0.25, 0.3) is 22.4 Å². The van der Waals surface area contributed by atoms with Gasteiger partial charge in [-0.3, -0.25) is 10.1 Å². The first-order valence-corrected chi connectivity index (χ1v) is 7.25. The van der Waals surface area contributed by atoms with Gasteiger partial charge in [0, 0.05) is 17.7 Å². The summed E-state index contributed by atoms with van der Waals surface area (Å²) in [4.78, 5) is 18.0. The van der Waals surface area contributed by atoms with Crippen molar-refractivity contribution < 1.29 is 9.66 Å². The monoisotopic (exact) mass is 311 g/mol. The first-order chi connectivity index (χ1) is 10.8. The summed E-state index contributed by atoms with van der Waals surface area (Å²) in [6.45, 7) is 5.98. The van der Waals surface area contributed by atoms with Gasteiger partial charge in [-0.05, 0) is 51.1 Å². The minimum atomic E-state index is -0.418. The summed E-state index contributed by atoms with van der Waals surface area (Å²) in [6.07, 6.45) is 0. The number of hydrogen-bond donors (Lipinski definition) is 1. The van der Waals surface area contributed by atoms with Gasteiger partial charge in [-0.25, -0.2) is 4.98 Å². The van der Waals surface area contributed by atoms with Crippen LogP contribution < -0.4 is 4.74 Å². The van der Waals surface area contributed by atoms with Crippen molar-refractivity contribution >= 4 is 16.7 Å². The molecule has 1 N–H and O–H groups in total. The van der Waals surface area contributed by atoms with Crippen LogP contribution in [0.1, 0.15) is 20.8 Å². The minimum absolute atomic E-state index is 0.0432. The third kappa shape index (κ3) is 3.31. The molecule has 0 aliphatic rings. The van der Waals surface area contributed by atoms with E-state index in [0.29, 0.717) is 16.9 Å². The summed E-state index contributed by atoms with van der Waals surface area (Å²) in [7, 11) is 0. The van der Waals surface area contributed by atoms with Gasteiger partial charge in [-0.2, -0.15) is 0 Å². The zero-order chi connectivity index (χ0) is 16.6. The Morgan fingerprint density at radius 2 is 1.83 bits per heavy atom. The van der Waals surface area contributed by atoms with Gasteiger partial charge in [0.15, 0.2) is 0 Å². The van der Waals surface area contributed by atoms with Crippen molar-refractivity contribution in [1.29, 1.82) is 0 Å². The largest absolute Gasteiger partial charge is 0.488 e. The fraction of sp³-hybridized carbons (Fsp3) is 0.235. The van der Waals surface area contributed by atoms with Gasteiger partial charge in [0.1, 0.15) is 17.2 Å². The number of non-ortho nitro benzene ring substituents is 1. The number of aromatic amines is 1. The Bertz CT molecular complexity index is 861. The third-order valence-corrected chi connectivity index (χ3v) is 3.23. The average molecular weight is 311 g/mol. The quantitative estimate of drug-likeness (QED) is 0.577. The number of ether oxygens (including phenoxy) is 1. The smallest absolute Gasteiger partial charge is 0.271 e. The molecule has 3 rings (SSSR count). The molecule has 118 valence electrons. The number of fused-ring (bicyclic) bond motifs is 1. The number of nitrogens with one attached hydrogen (secondary N) is 1. The van der Waals surface area contributed by atoms with Gasteiger partial charge in [0.05, 0.1) is 16.0 Å². The maximum Gasteiger partial charge on any atom is 0.271 e. The van der Waals surface area contributed by atoms with E-state index in [1.807, 2.05) is 45.0 Å². The number of nitro groups is 1. The molecule has 3 aromatic rings. The van der Waals surface area contributed by atoms with Crippen LogP contribution in [0.15, 0.2) is 42.5 Å². The zero-order valence-electron chi connectivity index (χ0n) is 13.2. The van der Waals surface area contributed by atoms with E-state index in [4.69, 9.17) is 4.74 Å². The van der Waals surface area contributed by atoms with Crippen molar-refractivity contribution in [3.63, 3.8) is 0 Å². The number of nitrogens with zero attached hydrogens (tertiary/aromatic N) is 2. The lowest BCUT2D eigenvalue weighted by molar-refractivity contribution is -0.384. The van der Waals surface area contributed by atoms with Gasteiger partial charge in [-0.15, -0.1) is 0 Å². The van der Waals surface area contributed by atoms with E-state index in [1.165, 1.54) is 12.1 Å². The summed E-state index contributed by atoms with van der Waals surface area (Å²) in [5.41, 5.74) is 2.02. The van der Waals surface area contributed by atoms with Crippen molar-refractivity contribution in [3.8, 4) is 17.1 Å². The first-order valence-electron chi connectivity index (χ1n) is 7.25. The molecule has 0 spiro atoms. The molecule has 2 aromatic carbocycles. The van der Waals surface area contributed by atoms with Crippen LogP contribution in [0, 0.1) is 10.1 Å². The minimum Gasteiger partial charge on any atom is -0.488 e. The predicted octanol–water partition coefficient (Wildman–Crippen LogP) is 4.32. The molecule has 0 bridgehead atoms. The topological polar surface area (TPSA) is 81.1 Å². The molecule has 0 amide bonds. The highest BCUT2D eigenvalue weighted by atomic mass is 16.6. The zero-order valence-corrected chi connectivity index (χ0v) is 13.2. The molecular weight excluding hydrogens is 294 g/mol. The van der Waals surface area contributed by atoms with Crippen molar-refractivity contribution in [1.82, 2.24) is 9.97 Å². The van der Waals surface area contributed by atoms with Crippen molar-refractivity contribution in [3.05, 3.63) is 52.6 Å². The number of aromatic nitrogens is 2. The van der Waals surface area contributed by atoms with Crippen molar-refractivity contribution in [2.24, 2.45) is 0 Å². The lowest BCUT2D eigenvalue weighted by Gasteiger charge is -2.21. The molecule has 0 saturated carbocycles. The van der Waals surface area contributed by atoms with Crippen LogP contribution in [0.4, 0.5) is 5.69 Å². The van der Waals surface area contributed by atoms with Crippen LogP contribution in [-0.2, 0) is 0 Å². The fourth-order valence-corrected chi connectivity index (χ4v) is 2.28. The van der Waals surface area contributed by atoms with Gasteiger partial charge in [0.2, 0.25) is 0 Å². The van der Waals surface area contributed by atoms with E-state index in [2.05, 4.69) is 9.97 Å². The number of hydrogen-bond acceptors (Lipinski definition) is 4. The number of H-pyrrole nitrogens is 1. The molecule has 6 nitrogen and oxygen atoms in total. The van der Waals surface area contributed by atoms with Crippen LogP contribution in [0.5, 0.6) is 5.75 Å². The fourth-order valence-electron chi connectivity index (χ4n) is 2.28.